The lowest BCUT2D eigenvalue weighted by atomic mass is 10.1. The van der Waals surface area contributed by atoms with E-state index in [0.717, 1.165) is 5.56 Å². The molecular weight excluding hydrogens is 236 g/mol. The number of hydrogen-bond acceptors (Lipinski definition) is 5. The average Bonchev–Trinajstić information content (AvgIpc) is 2.35. The van der Waals surface area contributed by atoms with Crippen molar-refractivity contribution in [2.24, 2.45) is 10.9 Å². The highest BCUT2D eigenvalue weighted by molar-refractivity contribution is 5.99. The smallest absolute Gasteiger partial charge is 0.173 e. The van der Waals surface area contributed by atoms with Crippen molar-refractivity contribution in [3.63, 3.8) is 0 Å². The molecule has 0 unspecified atom stereocenters. The molecule has 0 saturated carbocycles. The molecule has 3 N–H and O–H groups in total. The fourth-order valence-corrected chi connectivity index (χ4v) is 1.62. The third kappa shape index (κ3) is 2.72. The van der Waals surface area contributed by atoms with E-state index in [0.29, 0.717) is 31.1 Å². The van der Waals surface area contributed by atoms with Gasteiger partial charge in [-0.2, -0.15) is 0 Å². The first kappa shape index (κ1) is 12.7. The number of amidine groups is 1. The molecule has 1 aromatic rings. The zero-order chi connectivity index (χ0) is 13.0. The lowest BCUT2D eigenvalue weighted by Gasteiger charge is -2.26. The second kappa shape index (κ2) is 5.70. The van der Waals surface area contributed by atoms with Crippen LogP contribution >= 0.6 is 0 Å². The number of rotatable bonds is 5. The Kier molecular flexibility index (Phi) is 4.01. The van der Waals surface area contributed by atoms with Crippen LogP contribution in [0.5, 0.6) is 5.75 Å². The summed E-state index contributed by atoms with van der Waals surface area (Å²) < 4.78 is 15.8. The van der Waals surface area contributed by atoms with Crippen molar-refractivity contribution in [2.75, 3.05) is 20.3 Å². The van der Waals surface area contributed by atoms with Gasteiger partial charge in [0.2, 0.25) is 0 Å². The van der Waals surface area contributed by atoms with E-state index in [4.69, 9.17) is 25.2 Å². The minimum Gasteiger partial charge on any atom is -0.496 e. The van der Waals surface area contributed by atoms with Crippen LogP contribution in [0.15, 0.2) is 23.4 Å². The summed E-state index contributed by atoms with van der Waals surface area (Å²) in [7, 11) is 1.53. The standard InChI is InChI=1S/C12H16N2O4/c1-16-11-3-2-8(4-10(11)12(13)14-15)5-18-9-6-17-7-9/h2-4,9,15H,5-7H2,1H3,(H2,13,14). The Labute approximate surface area is 105 Å². The lowest BCUT2D eigenvalue weighted by Crippen LogP contribution is -2.35. The minimum atomic E-state index is 0.0145. The van der Waals surface area contributed by atoms with Crippen LogP contribution in [0.2, 0.25) is 0 Å². The Balaban J connectivity index is 2.11. The molecule has 0 amide bonds. The Bertz CT molecular complexity index is 444. The van der Waals surface area contributed by atoms with Crippen molar-refractivity contribution >= 4 is 5.84 Å². The molecule has 0 radical (unpaired) electrons. The summed E-state index contributed by atoms with van der Waals surface area (Å²) in [4.78, 5) is 0. The van der Waals surface area contributed by atoms with E-state index in [-0.39, 0.29) is 11.9 Å². The predicted octanol–water partition coefficient (Wildman–Crippen LogP) is 0.705. The van der Waals surface area contributed by atoms with Crippen molar-refractivity contribution in [1.82, 2.24) is 0 Å². The Morgan fingerprint density at radius 1 is 1.56 bits per heavy atom. The number of benzene rings is 1. The molecule has 1 heterocycles. The highest BCUT2D eigenvalue weighted by Crippen LogP contribution is 2.21. The van der Waals surface area contributed by atoms with Crippen LogP contribution in [0.1, 0.15) is 11.1 Å². The van der Waals surface area contributed by atoms with E-state index in [9.17, 15) is 0 Å². The molecule has 0 aromatic heterocycles. The maximum Gasteiger partial charge on any atom is 0.173 e. The number of oxime groups is 1. The molecule has 18 heavy (non-hydrogen) atoms. The maximum atomic E-state index is 8.72. The van der Waals surface area contributed by atoms with Crippen LogP contribution in [-0.2, 0) is 16.1 Å². The highest BCUT2D eigenvalue weighted by Gasteiger charge is 2.19. The third-order valence-corrected chi connectivity index (χ3v) is 2.74. The number of hydrogen-bond donors (Lipinski definition) is 2. The number of methoxy groups -OCH3 is 1. The molecular formula is C12H16N2O4. The van der Waals surface area contributed by atoms with E-state index < -0.39 is 0 Å². The molecule has 6 nitrogen and oxygen atoms in total. The fourth-order valence-electron chi connectivity index (χ4n) is 1.62. The second-order valence-electron chi connectivity index (χ2n) is 3.99. The first-order chi connectivity index (χ1) is 8.74. The molecule has 0 atom stereocenters. The van der Waals surface area contributed by atoms with Gasteiger partial charge in [0.05, 0.1) is 32.5 Å². The van der Waals surface area contributed by atoms with E-state index in [1.165, 1.54) is 7.11 Å². The summed E-state index contributed by atoms with van der Waals surface area (Å²) in [6, 6.07) is 5.43. The molecule has 2 rings (SSSR count). The van der Waals surface area contributed by atoms with Gasteiger partial charge in [0.25, 0.3) is 0 Å². The van der Waals surface area contributed by atoms with Gasteiger partial charge >= 0.3 is 0 Å². The normalized spacial score (nSPS) is 16.4. The summed E-state index contributed by atoms with van der Waals surface area (Å²) in [6.45, 7) is 1.75. The maximum absolute atomic E-state index is 8.72. The van der Waals surface area contributed by atoms with Crippen LogP contribution in [0, 0.1) is 0 Å². The molecule has 1 fully saturated rings. The number of ether oxygens (including phenoxy) is 3. The van der Waals surface area contributed by atoms with Gasteiger partial charge < -0.3 is 25.2 Å². The number of nitrogens with zero attached hydrogens (tertiary/aromatic N) is 1. The molecule has 0 aliphatic carbocycles. The van der Waals surface area contributed by atoms with Crippen LogP contribution in [0.4, 0.5) is 0 Å². The van der Waals surface area contributed by atoms with Gasteiger partial charge in [-0.1, -0.05) is 11.2 Å². The average molecular weight is 252 g/mol. The van der Waals surface area contributed by atoms with Gasteiger partial charge in [-0.25, -0.2) is 0 Å². The molecule has 1 aliphatic heterocycles. The zero-order valence-corrected chi connectivity index (χ0v) is 10.1. The van der Waals surface area contributed by atoms with Crippen molar-refractivity contribution in [2.45, 2.75) is 12.7 Å². The van der Waals surface area contributed by atoms with Crippen LogP contribution in [-0.4, -0.2) is 37.5 Å². The summed E-state index contributed by atoms with van der Waals surface area (Å²) >= 11 is 0. The van der Waals surface area contributed by atoms with Crippen molar-refractivity contribution in [3.05, 3.63) is 29.3 Å². The zero-order valence-electron chi connectivity index (χ0n) is 10.1. The van der Waals surface area contributed by atoms with E-state index >= 15 is 0 Å². The Hall–Kier alpha value is -1.79. The van der Waals surface area contributed by atoms with Gasteiger partial charge in [0, 0.05) is 0 Å². The summed E-state index contributed by atoms with van der Waals surface area (Å²) in [6.07, 6.45) is 0.166. The van der Waals surface area contributed by atoms with Gasteiger partial charge in [0.15, 0.2) is 5.84 Å². The van der Waals surface area contributed by atoms with Gasteiger partial charge in [0.1, 0.15) is 11.9 Å². The quantitative estimate of drug-likeness (QED) is 0.349. The summed E-state index contributed by atoms with van der Waals surface area (Å²) in [5.41, 5.74) is 7.07. The third-order valence-electron chi connectivity index (χ3n) is 2.74. The second-order valence-corrected chi connectivity index (χ2v) is 3.99. The van der Waals surface area contributed by atoms with Gasteiger partial charge in [-0.15, -0.1) is 0 Å². The fraction of sp³-hybridized carbons (Fsp3) is 0.417. The molecule has 6 heteroatoms. The molecule has 98 valence electrons. The summed E-state index contributed by atoms with van der Waals surface area (Å²) in [5, 5.41) is 11.7. The SMILES string of the molecule is COc1ccc(COC2COC2)cc1/C(N)=N/O. The summed E-state index contributed by atoms with van der Waals surface area (Å²) in [5.74, 6) is 0.571. The van der Waals surface area contributed by atoms with E-state index in [2.05, 4.69) is 5.16 Å². The predicted molar refractivity (Wildman–Crippen MR) is 64.9 cm³/mol. The van der Waals surface area contributed by atoms with Crippen LogP contribution in [0.25, 0.3) is 0 Å². The van der Waals surface area contributed by atoms with E-state index in [1.807, 2.05) is 6.07 Å². The first-order valence-corrected chi connectivity index (χ1v) is 5.58. The molecule has 1 aliphatic rings. The topological polar surface area (TPSA) is 86.3 Å². The van der Waals surface area contributed by atoms with Gasteiger partial charge in [-0.05, 0) is 17.7 Å². The van der Waals surface area contributed by atoms with E-state index in [1.54, 1.807) is 12.1 Å². The molecule has 0 spiro atoms. The highest BCUT2D eigenvalue weighted by atomic mass is 16.6. The minimum absolute atomic E-state index is 0.0145. The number of nitrogens with two attached hydrogens (primary N) is 1. The van der Waals surface area contributed by atoms with Crippen LogP contribution in [0.3, 0.4) is 0 Å². The van der Waals surface area contributed by atoms with Crippen molar-refractivity contribution in [3.8, 4) is 5.75 Å². The molecule has 0 bridgehead atoms. The molecule has 1 saturated heterocycles. The van der Waals surface area contributed by atoms with Gasteiger partial charge in [-0.3, -0.25) is 0 Å². The van der Waals surface area contributed by atoms with Crippen molar-refractivity contribution < 1.29 is 19.4 Å². The monoisotopic (exact) mass is 252 g/mol. The molecule has 1 aromatic carbocycles. The first-order valence-electron chi connectivity index (χ1n) is 5.58. The van der Waals surface area contributed by atoms with Crippen molar-refractivity contribution in [1.29, 1.82) is 0 Å². The largest absolute Gasteiger partial charge is 0.496 e. The Morgan fingerprint density at radius 3 is 2.89 bits per heavy atom. The Morgan fingerprint density at radius 2 is 2.33 bits per heavy atom. The van der Waals surface area contributed by atoms with Crippen LogP contribution < -0.4 is 10.5 Å². The lowest BCUT2D eigenvalue weighted by molar-refractivity contribution is -0.135.